The van der Waals surface area contributed by atoms with E-state index >= 15 is 0 Å². The molecule has 13 atom stereocenters. The van der Waals surface area contributed by atoms with Gasteiger partial charge < -0.3 is 83.6 Å². The Hall–Kier alpha value is -3.32. The van der Waals surface area contributed by atoms with E-state index in [1.54, 1.807) is 96.9 Å². The number of nitrogens with one attached hydrogen (secondary N) is 2. The number of aliphatic hydroxyl groups excluding tert-OH is 1. The number of hydrogen-bond acceptors (Lipinski definition) is 18. The molecular formula is C46H81N5O17. The van der Waals surface area contributed by atoms with E-state index in [0.717, 1.165) is 0 Å². The predicted molar refractivity (Wildman–Crippen MR) is 242 cm³/mol. The Labute approximate surface area is 401 Å². The molecule has 6 N–H and O–H groups in total. The summed E-state index contributed by atoms with van der Waals surface area (Å²) in [6, 6.07) is -1.77. The molecule has 22 nitrogen and oxygen atoms in total. The Morgan fingerprint density at radius 2 is 1.34 bits per heavy atom. The summed E-state index contributed by atoms with van der Waals surface area (Å²) in [5.74, 6) is -1.47. The molecule has 0 bridgehead atoms. The molecule has 22 heteroatoms. The number of aliphatic hydroxyl groups is 2. The molecule has 7 unspecified atom stereocenters. The van der Waals surface area contributed by atoms with Crippen LogP contribution in [0.3, 0.4) is 0 Å². The average molecular weight is 976 g/mol. The van der Waals surface area contributed by atoms with E-state index in [4.69, 9.17) is 57.8 Å². The number of carbonyl (C=O) groups is 4. The first-order chi connectivity index (χ1) is 31.0. The molecule has 5 fully saturated rings. The molecular weight excluding hydrogens is 895 g/mol. The Morgan fingerprint density at radius 3 is 1.91 bits per heavy atom. The fourth-order valence-corrected chi connectivity index (χ4v) is 8.77. The summed E-state index contributed by atoms with van der Waals surface area (Å²) in [6.07, 6.45) is -10.6. The van der Waals surface area contributed by atoms with Gasteiger partial charge in [0.2, 0.25) is 5.72 Å². The van der Waals surface area contributed by atoms with Crippen molar-refractivity contribution in [3.05, 3.63) is 0 Å². The lowest BCUT2D eigenvalue weighted by Crippen LogP contribution is -2.66. The van der Waals surface area contributed by atoms with Gasteiger partial charge >= 0.3 is 24.4 Å². The number of likely N-dealkylation sites (N-methyl/N-ethyl adjacent to an activating group) is 1. The first kappa shape index (κ1) is 55.6. The van der Waals surface area contributed by atoms with Crippen LogP contribution in [-0.4, -0.2) is 185 Å². The molecule has 4 saturated heterocycles. The number of rotatable bonds is 12. The molecule has 392 valence electrons. The van der Waals surface area contributed by atoms with Crippen molar-refractivity contribution in [2.45, 2.75) is 224 Å². The highest BCUT2D eigenvalue weighted by Crippen LogP contribution is 2.54. The summed E-state index contributed by atoms with van der Waals surface area (Å²) in [7, 11) is 1.44. The third kappa shape index (κ3) is 14.6. The van der Waals surface area contributed by atoms with Gasteiger partial charge in [0.25, 0.3) is 0 Å². The zero-order valence-corrected chi connectivity index (χ0v) is 43.0. The van der Waals surface area contributed by atoms with E-state index in [1.807, 2.05) is 0 Å². The first-order valence-electron chi connectivity index (χ1n) is 23.6. The first-order valence-corrected chi connectivity index (χ1v) is 23.6. The van der Waals surface area contributed by atoms with Gasteiger partial charge in [-0.05, 0) is 129 Å². The number of fused-ring (bicyclic) bond motifs is 1. The van der Waals surface area contributed by atoms with E-state index in [0.29, 0.717) is 12.8 Å². The second-order valence-corrected chi connectivity index (χ2v) is 23.2. The molecule has 1 saturated carbocycles. The van der Waals surface area contributed by atoms with E-state index in [2.05, 4.69) is 10.6 Å². The quantitative estimate of drug-likeness (QED) is 0.137. The maximum Gasteiger partial charge on any atom is 0.412 e. The molecule has 4 aliphatic heterocycles. The Morgan fingerprint density at radius 1 is 0.765 bits per heavy atom. The minimum absolute atomic E-state index is 0.0314. The lowest BCUT2D eigenvalue weighted by Gasteiger charge is -2.47. The minimum atomic E-state index is -1.71. The van der Waals surface area contributed by atoms with Gasteiger partial charge in [0.15, 0.2) is 24.5 Å². The monoisotopic (exact) mass is 976 g/mol. The lowest BCUT2D eigenvalue weighted by molar-refractivity contribution is -0.286. The van der Waals surface area contributed by atoms with Gasteiger partial charge in [-0.25, -0.2) is 19.2 Å². The van der Waals surface area contributed by atoms with Crippen molar-refractivity contribution < 1.29 is 81.5 Å². The fraction of sp³-hybridized carbons (Fsp3) is 0.913. The summed E-state index contributed by atoms with van der Waals surface area (Å²) in [5, 5.41) is 29.5. The Kier molecular flexibility index (Phi) is 16.7. The topological polar surface area (TPSA) is 270 Å². The van der Waals surface area contributed by atoms with Gasteiger partial charge in [-0.2, -0.15) is 0 Å². The third-order valence-electron chi connectivity index (χ3n) is 11.8. The van der Waals surface area contributed by atoms with Crippen molar-refractivity contribution in [1.29, 1.82) is 0 Å². The molecule has 0 spiro atoms. The van der Waals surface area contributed by atoms with Crippen molar-refractivity contribution >= 4 is 24.4 Å². The van der Waals surface area contributed by atoms with E-state index < -0.39 is 131 Å². The normalized spacial score (nSPS) is 35.0. The number of nitrogens with two attached hydrogens (primary N) is 1. The molecule has 5 rings (SSSR count). The minimum Gasteiger partial charge on any atom is -0.444 e. The average Bonchev–Trinajstić information content (AvgIpc) is 3.84. The van der Waals surface area contributed by atoms with Crippen molar-refractivity contribution in [2.24, 2.45) is 11.7 Å². The highest BCUT2D eigenvalue weighted by molar-refractivity contribution is 5.70. The van der Waals surface area contributed by atoms with E-state index in [-0.39, 0.29) is 39.3 Å². The molecule has 4 heterocycles. The second kappa shape index (κ2) is 20.4. The van der Waals surface area contributed by atoms with Crippen LogP contribution in [0.1, 0.15) is 123 Å². The largest absolute Gasteiger partial charge is 0.444 e. The van der Waals surface area contributed by atoms with Crippen LogP contribution in [0.2, 0.25) is 0 Å². The number of alkyl carbamates (subject to hydrolysis) is 2. The second-order valence-electron chi connectivity index (χ2n) is 23.2. The predicted octanol–water partition coefficient (Wildman–Crippen LogP) is 3.85. The summed E-state index contributed by atoms with van der Waals surface area (Å²) in [6.45, 7) is 25.9. The third-order valence-corrected chi connectivity index (χ3v) is 11.8. The van der Waals surface area contributed by atoms with E-state index in [9.17, 15) is 29.4 Å². The summed E-state index contributed by atoms with van der Waals surface area (Å²) in [5.41, 5.74) is 0.286. The van der Waals surface area contributed by atoms with Crippen LogP contribution >= 0.6 is 0 Å². The number of carbonyl (C=O) groups excluding carboxylic acids is 4. The number of epoxide rings is 1. The van der Waals surface area contributed by atoms with Gasteiger partial charge in [0.1, 0.15) is 46.3 Å². The SMILES string of the molecule is CN(C(=O)OC(C)(C)C)[C@]12OC1[C@@H](OC1C(O)C(O[C@H]3O[C@H](CN(C[C@@H]4COC(C)(C)O4)C(=O)OC(C)(C)C)CCC3NC(=O)OC(C)(C)C)CC(CNC(=O)OC(C)(C)C)[C@H]1N)OCC2(C)O. The van der Waals surface area contributed by atoms with Crippen LogP contribution in [0.15, 0.2) is 0 Å². The van der Waals surface area contributed by atoms with Gasteiger partial charge in [0.05, 0.1) is 44.6 Å². The standard InChI is InChI=1S/C46H81N5O17/c1-40(2,3)65-36(53)48-20-25-19-29(31(52)32(30(25)47)62-35-33-46(64-33,45(15,57)24-58-35)50(16)38(55)67-42(7,8)9)61-34-28(49-37(54)66-41(4,5)6)18-17-26(60-34)21-51(39(56)68-43(10,11)12)22-27-23-59-44(13,14)63-27/h25-35,52,57H,17-24,47H2,1-16H3,(H,48,53)(H,49,54)/t25?,26-,27+,28?,29?,30+,31?,32?,33?,34+,35+,45?,46-/m0/s1. The van der Waals surface area contributed by atoms with Crippen molar-refractivity contribution in [3.8, 4) is 0 Å². The molecule has 0 aromatic heterocycles. The van der Waals surface area contributed by atoms with Crippen molar-refractivity contribution in [3.63, 3.8) is 0 Å². The van der Waals surface area contributed by atoms with Crippen LogP contribution in [0.5, 0.6) is 0 Å². The summed E-state index contributed by atoms with van der Waals surface area (Å²) in [4.78, 5) is 55.9. The maximum absolute atomic E-state index is 13.7. The molecule has 0 radical (unpaired) electrons. The molecule has 68 heavy (non-hydrogen) atoms. The Balaban J connectivity index is 1.43. The van der Waals surface area contributed by atoms with E-state index in [1.165, 1.54) is 23.8 Å². The summed E-state index contributed by atoms with van der Waals surface area (Å²) < 4.78 is 66.3. The van der Waals surface area contributed by atoms with Gasteiger partial charge in [-0.15, -0.1) is 0 Å². The number of amides is 4. The van der Waals surface area contributed by atoms with Gasteiger partial charge in [-0.3, -0.25) is 4.90 Å². The number of nitrogens with zero attached hydrogens (tertiary/aromatic N) is 2. The molecule has 0 aromatic rings. The molecule has 4 amide bonds. The molecule has 5 aliphatic rings. The van der Waals surface area contributed by atoms with Crippen LogP contribution in [0, 0.1) is 5.92 Å². The Bertz CT molecular complexity index is 1780. The fourth-order valence-electron chi connectivity index (χ4n) is 8.77. The molecule has 0 aromatic carbocycles. The van der Waals surface area contributed by atoms with Crippen molar-refractivity contribution in [1.82, 2.24) is 20.4 Å². The zero-order chi connectivity index (χ0) is 51.2. The lowest BCUT2D eigenvalue weighted by atomic mass is 9.79. The summed E-state index contributed by atoms with van der Waals surface area (Å²) >= 11 is 0. The highest BCUT2D eigenvalue weighted by atomic mass is 16.8. The number of ether oxygens (including phenoxy) is 11. The number of hydrogen-bond donors (Lipinski definition) is 5. The van der Waals surface area contributed by atoms with Gasteiger partial charge in [0, 0.05) is 19.6 Å². The van der Waals surface area contributed by atoms with Crippen LogP contribution in [0.25, 0.3) is 0 Å². The zero-order valence-electron chi connectivity index (χ0n) is 43.0. The van der Waals surface area contributed by atoms with Gasteiger partial charge in [-0.1, -0.05) is 0 Å². The molecule has 1 aliphatic carbocycles. The van der Waals surface area contributed by atoms with Crippen LogP contribution < -0.4 is 16.4 Å². The van der Waals surface area contributed by atoms with Crippen LogP contribution in [0.4, 0.5) is 19.2 Å². The highest BCUT2D eigenvalue weighted by Gasteiger charge is 2.77. The van der Waals surface area contributed by atoms with Crippen LogP contribution in [-0.2, 0) is 52.1 Å². The maximum atomic E-state index is 13.7. The van der Waals surface area contributed by atoms with Crippen molar-refractivity contribution in [2.75, 3.05) is 39.9 Å². The smallest absolute Gasteiger partial charge is 0.412 e.